The van der Waals surface area contributed by atoms with E-state index in [1.807, 2.05) is 57.2 Å². The highest BCUT2D eigenvalue weighted by Gasteiger charge is 2.15. The van der Waals surface area contributed by atoms with Gasteiger partial charge in [-0.1, -0.05) is 6.07 Å². The standard InChI is InChI=1S/C22H29N3O4/c1-15(26)24-18-9-7-17(8-10-18)23-13-16-6-11-19(20(12-16)28-5)29-14-21(27)25-22(2,3)4/h6-12,23H,13-14H2,1-5H3,(H,24,26)(H,25,27). The Bertz CT molecular complexity index is 842. The van der Waals surface area contributed by atoms with Gasteiger partial charge in [-0.15, -0.1) is 0 Å². The lowest BCUT2D eigenvalue weighted by Crippen LogP contribution is -2.43. The normalized spacial score (nSPS) is 10.8. The molecule has 0 spiro atoms. The van der Waals surface area contributed by atoms with Crippen molar-refractivity contribution in [2.45, 2.75) is 39.8 Å². The number of methoxy groups -OCH3 is 1. The van der Waals surface area contributed by atoms with Gasteiger partial charge in [0.25, 0.3) is 5.91 Å². The van der Waals surface area contributed by atoms with Crippen LogP contribution in [0.5, 0.6) is 11.5 Å². The van der Waals surface area contributed by atoms with E-state index in [0.717, 1.165) is 16.9 Å². The molecule has 0 atom stereocenters. The van der Waals surface area contributed by atoms with E-state index in [1.54, 1.807) is 13.2 Å². The second-order valence-corrected chi connectivity index (χ2v) is 7.68. The number of amides is 2. The predicted octanol–water partition coefficient (Wildman–Crippen LogP) is 3.56. The molecule has 0 aliphatic carbocycles. The van der Waals surface area contributed by atoms with Gasteiger partial charge in [-0.2, -0.15) is 0 Å². The molecule has 0 aliphatic heterocycles. The molecule has 0 unspecified atom stereocenters. The third kappa shape index (κ3) is 7.73. The van der Waals surface area contributed by atoms with Crippen molar-refractivity contribution in [3.63, 3.8) is 0 Å². The van der Waals surface area contributed by atoms with Crippen molar-refractivity contribution < 1.29 is 19.1 Å². The molecule has 7 heteroatoms. The number of hydrogen-bond acceptors (Lipinski definition) is 5. The molecule has 0 fully saturated rings. The van der Waals surface area contributed by atoms with Crippen LogP contribution in [-0.4, -0.2) is 31.1 Å². The fourth-order valence-corrected chi connectivity index (χ4v) is 2.62. The monoisotopic (exact) mass is 399 g/mol. The van der Waals surface area contributed by atoms with Gasteiger partial charge in [-0.3, -0.25) is 9.59 Å². The summed E-state index contributed by atoms with van der Waals surface area (Å²) in [6.45, 7) is 7.73. The van der Waals surface area contributed by atoms with Crippen molar-refractivity contribution in [3.8, 4) is 11.5 Å². The average Bonchev–Trinajstić information content (AvgIpc) is 2.64. The van der Waals surface area contributed by atoms with Crippen LogP contribution in [0.1, 0.15) is 33.3 Å². The summed E-state index contributed by atoms with van der Waals surface area (Å²) in [5.74, 6) is 0.790. The van der Waals surface area contributed by atoms with E-state index in [4.69, 9.17) is 9.47 Å². The molecular formula is C22H29N3O4. The Morgan fingerprint density at radius 3 is 2.21 bits per heavy atom. The molecule has 0 radical (unpaired) electrons. The van der Waals surface area contributed by atoms with Crippen LogP contribution in [0.3, 0.4) is 0 Å². The molecule has 2 aromatic carbocycles. The summed E-state index contributed by atoms with van der Waals surface area (Å²) < 4.78 is 11.0. The molecule has 7 nitrogen and oxygen atoms in total. The molecule has 0 heterocycles. The van der Waals surface area contributed by atoms with E-state index in [1.165, 1.54) is 6.92 Å². The SMILES string of the molecule is COc1cc(CNc2ccc(NC(C)=O)cc2)ccc1OCC(=O)NC(C)(C)C. The van der Waals surface area contributed by atoms with E-state index in [0.29, 0.717) is 18.0 Å². The topological polar surface area (TPSA) is 88.7 Å². The zero-order chi connectivity index (χ0) is 21.4. The Morgan fingerprint density at radius 2 is 1.62 bits per heavy atom. The molecule has 0 aromatic heterocycles. The Labute approximate surface area is 171 Å². The van der Waals surface area contributed by atoms with Crippen LogP contribution in [0, 0.1) is 0 Å². The number of carbonyl (C=O) groups excluding carboxylic acids is 2. The van der Waals surface area contributed by atoms with Gasteiger partial charge in [0.2, 0.25) is 5.91 Å². The molecule has 0 saturated heterocycles. The van der Waals surface area contributed by atoms with Crippen LogP contribution in [0.15, 0.2) is 42.5 Å². The lowest BCUT2D eigenvalue weighted by molar-refractivity contribution is -0.124. The van der Waals surface area contributed by atoms with Gasteiger partial charge in [0.1, 0.15) is 0 Å². The molecule has 2 amide bonds. The zero-order valence-electron chi connectivity index (χ0n) is 17.6. The van der Waals surface area contributed by atoms with E-state index in [-0.39, 0.29) is 24.0 Å². The van der Waals surface area contributed by atoms with Gasteiger partial charge < -0.3 is 25.4 Å². The van der Waals surface area contributed by atoms with Crippen LogP contribution >= 0.6 is 0 Å². The number of ether oxygens (including phenoxy) is 2. The largest absolute Gasteiger partial charge is 0.493 e. The Kier molecular flexibility index (Phi) is 7.47. The van der Waals surface area contributed by atoms with E-state index in [9.17, 15) is 9.59 Å². The number of carbonyl (C=O) groups is 2. The highest BCUT2D eigenvalue weighted by Crippen LogP contribution is 2.28. The summed E-state index contributed by atoms with van der Waals surface area (Å²) in [4.78, 5) is 23.0. The summed E-state index contributed by atoms with van der Waals surface area (Å²) >= 11 is 0. The van der Waals surface area contributed by atoms with Gasteiger partial charge in [0.05, 0.1) is 7.11 Å². The predicted molar refractivity (Wildman–Crippen MR) is 114 cm³/mol. The first kappa shape index (κ1) is 22.1. The summed E-state index contributed by atoms with van der Waals surface area (Å²) in [6.07, 6.45) is 0. The molecular weight excluding hydrogens is 370 g/mol. The number of rotatable bonds is 8. The Balaban J connectivity index is 1.94. The third-order valence-electron chi connectivity index (χ3n) is 3.80. The second-order valence-electron chi connectivity index (χ2n) is 7.68. The van der Waals surface area contributed by atoms with Crippen molar-refractivity contribution in [1.82, 2.24) is 5.32 Å². The first-order chi connectivity index (χ1) is 13.7. The van der Waals surface area contributed by atoms with E-state index < -0.39 is 0 Å². The van der Waals surface area contributed by atoms with Crippen molar-refractivity contribution in [2.75, 3.05) is 24.4 Å². The lowest BCUT2D eigenvalue weighted by Gasteiger charge is -2.20. The lowest BCUT2D eigenvalue weighted by atomic mass is 10.1. The number of hydrogen-bond donors (Lipinski definition) is 3. The Morgan fingerprint density at radius 1 is 0.966 bits per heavy atom. The van der Waals surface area contributed by atoms with Gasteiger partial charge in [0, 0.05) is 30.4 Å². The van der Waals surface area contributed by atoms with Crippen LogP contribution in [-0.2, 0) is 16.1 Å². The maximum Gasteiger partial charge on any atom is 0.258 e. The molecule has 29 heavy (non-hydrogen) atoms. The summed E-state index contributed by atoms with van der Waals surface area (Å²) in [5.41, 5.74) is 2.37. The van der Waals surface area contributed by atoms with Crippen molar-refractivity contribution >= 4 is 23.2 Å². The fraction of sp³-hybridized carbons (Fsp3) is 0.364. The van der Waals surface area contributed by atoms with Crippen LogP contribution in [0.25, 0.3) is 0 Å². The first-order valence-electron chi connectivity index (χ1n) is 9.38. The minimum atomic E-state index is -0.305. The van der Waals surface area contributed by atoms with Crippen LogP contribution in [0.2, 0.25) is 0 Å². The van der Waals surface area contributed by atoms with E-state index in [2.05, 4.69) is 16.0 Å². The summed E-state index contributed by atoms with van der Waals surface area (Å²) in [5, 5.41) is 8.90. The minimum Gasteiger partial charge on any atom is -0.493 e. The number of anilines is 2. The summed E-state index contributed by atoms with van der Waals surface area (Å²) in [7, 11) is 1.56. The van der Waals surface area contributed by atoms with Gasteiger partial charge in [-0.25, -0.2) is 0 Å². The van der Waals surface area contributed by atoms with Crippen molar-refractivity contribution in [1.29, 1.82) is 0 Å². The van der Waals surface area contributed by atoms with Gasteiger partial charge >= 0.3 is 0 Å². The average molecular weight is 399 g/mol. The van der Waals surface area contributed by atoms with Crippen LogP contribution < -0.4 is 25.4 Å². The third-order valence-corrected chi connectivity index (χ3v) is 3.80. The van der Waals surface area contributed by atoms with Crippen LogP contribution in [0.4, 0.5) is 11.4 Å². The molecule has 2 rings (SSSR count). The zero-order valence-corrected chi connectivity index (χ0v) is 17.6. The molecule has 156 valence electrons. The fourth-order valence-electron chi connectivity index (χ4n) is 2.62. The first-order valence-corrected chi connectivity index (χ1v) is 9.38. The Hall–Kier alpha value is -3.22. The molecule has 0 bridgehead atoms. The summed E-state index contributed by atoms with van der Waals surface area (Å²) in [6, 6.07) is 13.0. The smallest absolute Gasteiger partial charge is 0.258 e. The van der Waals surface area contributed by atoms with Gasteiger partial charge in [-0.05, 0) is 62.7 Å². The molecule has 3 N–H and O–H groups in total. The quantitative estimate of drug-likeness (QED) is 0.632. The van der Waals surface area contributed by atoms with E-state index >= 15 is 0 Å². The van der Waals surface area contributed by atoms with Gasteiger partial charge in [0.15, 0.2) is 18.1 Å². The van der Waals surface area contributed by atoms with Crippen molar-refractivity contribution in [3.05, 3.63) is 48.0 Å². The minimum absolute atomic E-state index is 0.0775. The molecule has 2 aromatic rings. The number of benzene rings is 2. The highest BCUT2D eigenvalue weighted by molar-refractivity contribution is 5.88. The molecule has 0 saturated carbocycles. The van der Waals surface area contributed by atoms with Crippen molar-refractivity contribution in [2.24, 2.45) is 0 Å². The second kappa shape index (κ2) is 9.82. The maximum absolute atomic E-state index is 11.9. The number of nitrogens with one attached hydrogen (secondary N) is 3. The molecule has 0 aliphatic rings. The highest BCUT2D eigenvalue weighted by atomic mass is 16.5. The maximum atomic E-state index is 11.9.